The van der Waals surface area contributed by atoms with Crippen LogP contribution in [-0.4, -0.2) is 48.6 Å². The van der Waals surface area contributed by atoms with E-state index in [0.29, 0.717) is 13.1 Å². The lowest BCUT2D eigenvalue weighted by Crippen LogP contribution is -2.50. The summed E-state index contributed by atoms with van der Waals surface area (Å²) in [6.45, 7) is 3.86. The first kappa shape index (κ1) is 17.7. The second kappa shape index (κ2) is 8.32. The van der Waals surface area contributed by atoms with Gasteiger partial charge in [-0.15, -0.1) is 0 Å². The molecule has 6 heteroatoms. The molecule has 0 spiro atoms. The number of carbonyl (C=O) groups is 1. The number of benzene rings is 2. The van der Waals surface area contributed by atoms with E-state index >= 15 is 0 Å². The molecule has 25 heavy (non-hydrogen) atoms. The summed E-state index contributed by atoms with van der Waals surface area (Å²) in [6, 6.07) is 13.9. The van der Waals surface area contributed by atoms with Crippen LogP contribution in [0, 0.1) is 5.82 Å². The molecule has 2 aromatic carbocycles. The van der Waals surface area contributed by atoms with Crippen LogP contribution in [0.5, 0.6) is 0 Å². The summed E-state index contributed by atoms with van der Waals surface area (Å²) in [4.78, 5) is 16.3. The first-order valence-corrected chi connectivity index (χ1v) is 8.77. The first-order chi connectivity index (χ1) is 12.1. The van der Waals surface area contributed by atoms with Gasteiger partial charge in [-0.2, -0.15) is 0 Å². The van der Waals surface area contributed by atoms with Crippen LogP contribution < -0.4 is 5.32 Å². The second-order valence-corrected chi connectivity index (χ2v) is 6.55. The highest BCUT2D eigenvalue weighted by Gasteiger charge is 2.21. The predicted molar refractivity (Wildman–Crippen MR) is 98.6 cm³/mol. The van der Waals surface area contributed by atoms with E-state index in [9.17, 15) is 9.18 Å². The highest BCUT2D eigenvalue weighted by molar-refractivity contribution is 6.30. The molecule has 0 radical (unpaired) electrons. The topological polar surface area (TPSA) is 35.6 Å². The summed E-state index contributed by atoms with van der Waals surface area (Å²) in [7, 11) is 0. The summed E-state index contributed by atoms with van der Waals surface area (Å²) in [5, 5.41) is 3.39. The van der Waals surface area contributed by atoms with Gasteiger partial charge < -0.3 is 10.2 Å². The van der Waals surface area contributed by atoms with Crippen molar-refractivity contribution in [3.8, 4) is 0 Å². The van der Waals surface area contributed by atoms with Crippen molar-refractivity contribution < 1.29 is 9.18 Å². The summed E-state index contributed by atoms with van der Waals surface area (Å²) in [5.41, 5.74) is 1.47. The molecule has 1 N–H and O–H groups in total. The molecule has 1 fully saturated rings. The smallest absolute Gasteiger partial charge is 0.322 e. The molecule has 0 unspecified atom stereocenters. The van der Waals surface area contributed by atoms with Crippen molar-refractivity contribution in [3.05, 3.63) is 64.9 Å². The molecule has 2 aromatic rings. The quantitative estimate of drug-likeness (QED) is 0.897. The fourth-order valence-corrected chi connectivity index (χ4v) is 3.00. The molecule has 132 valence electrons. The molecule has 2 amide bonds. The Morgan fingerprint density at radius 3 is 2.40 bits per heavy atom. The van der Waals surface area contributed by atoms with Crippen LogP contribution in [-0.2, 0) is 6.42 Å². The second-order valence-electron chi connectivity index (χ2n) is 6.12. The third kappa shape index (κ3) is 4.94. The molecular formula is C19H21ClFN3O. The number of halogens is 2. The van der Waals surface area contributed by atoms with Crippen LogP contribution in [0.2, 0.25) is 5.02 Å². The molecule has 1 saturated heterocycles. The van der Waals surface area contributed by atoms with E-state index in [-0.39, 0.29) is 11.7 Å². The highest BCUT2D eigenvalue weighted by atomic mass is 35.5. The van der Waals surface area contributed by atoms with Gasteiger partial charge in [0.25, 0.3) is 0 Å². The number of nitrogens with zero attached hydrogens (tertiary/aromatic N) is 2. The third-order valence-electron chi connectivity index (χ3n) is 4.40. The van der Waals surface area contributed by atoms with Gasteiger partial charge in [0.1, 0.15) is 5.82 Å². The minimum absolute atomic E-state index is 0.220. The lowest BCUT2D eigenvalue weighted by atomic mass is 10.1. The molecule has 0 bridgehead atoms. The number of anilines is 1. The van der Waals surface area contributed by atoms with Gasteiger partial charge in [0.15, 0.2) is 0 Å². The minimum Gasteiger partial charge on any atom is -0.322 e. The van der Waals surface area contributed by atoms with Crippen molar-refractivity contribution in [2.24, 2.45) is 0 Å². The molecule has 4 nitrogen and oxygen atoms in total. The monoisotopic (exact) mass is 361 g/mol. The number of nitrogens with one attached hydrogen (secondary N) is 1. The van der Waals surface area contributed by atoms with Gasteiger partial charge in [-0.3, -0.25) is 4.90 Å². The Morgan fingerprint density at radius 1 is 1.04 bits per heavy atom. The number of para-hydroxylation sites is 1. The Bertz CT molecular complexity index is 715. The van der Waals surface area contributed by atoms with Gasteiger partial charge in [0, 0.05) is 37.7 Å². The van der Waals surface area contributed by atoms with E-state index in [1.165, 1.54) is 11.6 Å². The van der Waals surface area contributed by atoms with Crippen molar-refractivity contribution in [2.45, 2.75) is 6.42 Å². The Balaban J connectivity index is 1.44. The van der Waals surface area contributed by atoms with Gasteiger partial charge in [0.05, 0.1) is 5.69 Å². The number of hydrogen-bond donors (Lipinski definition) is 1. The molecule has 0 atom stereocenters. The number of amides is 2. The Hall–Kier alpha value is -2.11. The van der Waals surface area contributed by atoms with Crippen LogP contribution in [0.1, 0.15) is 5.56 Å². The number of hydrogen-bond acceptors (Lipinski definition) is 2. The molecule has 1 aliphatic rings. The summed E-state index contributed by atoms with van der Waals surface area (Å²) >= 11 is 5.90. The molecule has 1 aliphatic heterocycles. The zero-order chi connectivity index (χ0) is 17.6. The molecule has 3 rings (SSSR count). The fourth-order valence-electron chi connectivity index (χ4n) is 2.87. The highest BCUT2D eigenvalue weighted by Crippen LogP contribution is 2.14. The van der Waals surface area contributed by atoms with Crippen molar-refractivity contribution >= 4 is 23.3 Å². The maximum atomic E-state index is 13.6. The van der Waals surface area contributed by atoms with Crippen LogP contribution >= 0.6 is 11.6 Å². The van der Waals surface area contributed by atoms with Crippen LogP contribution in [0.15, 0.2) is 48.5 Å². The zero-order valence-corrected chi connectivity index (χ0v) is 14.7. The zero-order valence-electron chi connectivity index (χ0n) is 13.9. The van der Waals surface area contributed by atoms with E-state index < -0.39 is 5.82 Å². The van der Waals surface area contributed by atoms with E-state index in [1.807, 2.05) is 24.3 Å². The average molecular weight is 362 g/mol. The Morgan fingerprint density at radius 2 is 1.72 bits per heavy atom. The van der Waals surface area contributed by atoms with Crippen molar-refractivity contribution in [3.63, 3.8) is 0 Å². The van der Waals surface area contributed by atoms with Gasteiger partial charge >= 0.3 is 6.03 Å². The number of piperazine rings is 1. The van der Waals surface area contributed by atoms with E-state index in [4.69, 9.17) is 11.6 Å². The van der Waals surface area contributed by atoms with Crippen molar-refractivity contribution in [2.75, 3.05) is 38.0 Å². The van der Waals surface area contributed by atoms with E-state index in [2.05, 4.69) is 10.2 Å². The molecule has 0 aromatic heterocycles. The lowest BCUT2D eigenvalue weighted by molar-refractivity contribution is 0.148. The largest absolute Gasteiger partial charge is 0.322 e. The van der Waals surface area contributed by atoms with Gasteiger partial charge in [-0.1, -0.05) is 35.9 Å². The average Bonchev–Trinajstić information content (AvgIpc) is 2.63. The normalized spacial score (nSPS) is 15.2. The standard InChI is InChI=1S/C19H21ClFN3O/c20-16-7-5-15(6-8-16)9-10-23-11-13-24(14-12-23)19(25)22-18-4-2-1-3-17(18)21/h1-8H,9-14H2,(H,22,25). The minimum atomic E-state index is -0.419. The van der Waals surface area contributed by atoms with E-state index in [0.717, 1.165) is 31.1 Å². The van der Waals surface area contributed by atoms with Gasteiger partial charge in [-0.05, 0) is 36.2 Å². The summed E-state index contributed by atoms with van der Waals surface area (Å²) in [6.07, 6.45) is 0.957. The fraction of sp³-hybridized carbons (Fsp3) is 0.316. The summed E-state index contributed by atoms with van der Waals surface area (Å²) < 4.78 is 13.6. The van der Waals surface area contributed by atoms with Crippen molar-refractivity contribution in [1.82, 2.24) is 9.80 Å². The molecular weight excluding hydrogens is 341 g/mol. The van der Waals surface area contributed by atoms with Crippen molar-refractivity contribution in [1.29, 1.82) is 0 Å². The SMILES string of the molecule is O=C(Nc1ccccc1F)N1CCN(CCc2ccc(Cl)cc2)CC1. The Kier molecular flexibility index (Phi) is 5.89. The van der Waals surface area contributed by atoms with Gasteiger partial charge in [-0.25, -0.2) is 9.18 Å². The van der Waals surface area contributed by atoms with Crippen LogP contribution in [0.4, 0.5) is 14.9 Å². The number of rotatable bonds is 4. The van der Waals surface area contributed by atoms with E-state index in [1.54, 1.807) is 23.1 Å². The molecule has 0 aliphatic carbocycles. The number of carbonyl (C=O) groups excluding carboxylic acids is 1. The maximum absolute atomic E-state index is 13.6. The summed E-state index contributed by atoms with van der Waals surface area (Å²) in [5.74, 6) is -0.419. The maximum Gasteiger partial charge on any atom is 0.322 e. The Labute approximate surface area is 152 Å². The third-order valence-corrected chi connectivity index (χ3v) is 4.66. The van der Waals surface area contributed by atoms with Gasteiger partial charge in [0.2, 0.25) is 0 Å². The lowest BCUT2D eigenvalue weighted by Gasteiger charge is -2.34. The molecule has 0 saturated carbocycles. The number of urea groups is 1. The van der Waals surface area contributed by atoms with Crippen LogP contribution in [0.25, 0.3) is 0 Å². The first-order valence-electron chi connectivity index (χ1n) is 8.39. The van der Waals surface area contributed by atoms with Crippen LogP contribution in [0.3, 0.4) is 0 Å². The molecule has 1 heterocycles. The predicted octanol–water partition coefficient (Wildman–Crippen LogP) is 3.87.